The molecule has 0 bridgehead atoms. The molecule has 5 nitrogen and oxygen atoms in total. The first-order valence-electron chi connectivity index (χ1n) is 10.8. The Balaban J connectivity index is 1.63. The zero-order valence-corrected chi connectivity index (χ0v) is 18.2. The molecule has 1 aromatic carbocycles. The molecule has 166 valence electrons. The van der Waals surface area contributed by atoms with Crippen molar-refractivity contribution in [1.29, 1.82) is 0 Å². The van der Waals surface area contributed by atoms with Gasteiger partial charge in [0.15, 0.2) is 11.6 Å². The number of nitrogens with zero attached hydrogens (tertiary/aromatic N) is 3. The number of amides is 3. The summed E-state index contributed by atoms with van der Waals surface area (Å²) in [5, 5.41) is 0. The van der Waals surface area contributed by atoms with Gasteiger partial charge in [0, 0.05) is 30.6 Å². The van der Waals surface area contributed by atoms with Crippen molar-refractivity contribution in [2.45, 2.75) is 51.0 Å². The lowest BCUT2D eigenvalue weighted by Crippen LogP contribution is -2.64. The highest BCUT2D eigenvalue weighted by atomic mass is 19.1. The minimum atomic E-state index is -1.00. The summed E-state index contributed by atoms with van der Waals surface area (Å²) in [6, 6.07) is 4.81. The molecular formula is C25H25F2N3O2. The Labute approximate surface area is 186 Å². The van der Waals surface area contributed by atoms with E-state index in [1.807, 2.05) is 6.92 Å². The maximum Gasteiger partial charge on any atom is 0.331 e. The summed E-state index contributed by atoms with van der Waals surface area (Å²) < 4.78 is 29.9. The van der Waals surface area contributed by atoms with E-state index in [4.69, 9.17) is 0 Å². The molecular weight excluding hydrogens is 412 g/mol. The monoisotopic (exact) mass is 437 g/mol. The third-order valence-electron chi connectivity index (χ3n) is 6.74. The number of aromatic nitrogens is 1. The lowest BCUT2D eigenvalue weighted by molar-refractivity contribution is -0.123. The van der Waals surface area contributed by atoms with E-state index in [1.165, 1.54) is 11.1 Å². The van der Waals surface area contributed by atoms with Crippen LogP contribution >= 0.6 is 0 Å². The molecule has 3 amide bonds. The van der Waals surface area contributed by atoms with E-state index in [2.05, 4.69) is 16.8 Å². The third-order valence-corrected chi connectivity index (χ3v) is 6.74. The molecule has 1 aliphatic carbocycles. The summed E-state index contributed by atoms with van der Waals surface area (Å²) in [5.74, 6) is 3.07. The highest BCUT2D eigenvalue weighted by molar-refractivity contribution is 6.16. The van der Waals surface area contributed by atoms with Gasteiger partial charge < -0.3 is 4.90 Å². The normalized spacial score (nSPS) is 22.0. The summed E-state index contributed by atoms with van der Waals surface area (Å²) in [7, 11) is 1.61. The fourth-order valence-corrected chi connectivity index (χ4v) is 4.77. The fraction of sp³-hybridized carbons (Fsp3) is 0.400. The summed E-state index contributed by atoms with van der Waals surface area (Å²) >= 11 is 0. The van der Waals surface area contributed by atoms with Crippen LogP contribution in [-0.4, -0.2) is 34.4 Å². The van der Waals surface area contributed by atoms with Gasteiger partial charge in [-0.3, -0.25) is 9.78 Å². The van der Waals surface area contributed by atoms with Crippen LogP contribution in [0.2, 0.25) is 0 Å². The number of pyridine rings is 1. The van der Waals surface area contributed by atoms with Crippen molar-refractivity contribution in [3.05, 3.63) is 59.4 Å². The minimum Gasteiger partial charge on any atom is -0.321 e. The molecule has 1 atom stereocenters. The van der Waals surface area contributed by atoms with E-state index in [-0.39, 0.29) is 17.9 Å². The SMILES string of the molecule is CN1C(=O)N(c2c(F)cc(C#Cc3cccnc3)cc2F)C(=O)C[C@@]1(C)C1CCCCC1. The van der Waals surface area contributed by atoms with Crippen LogP contribution in [-0.2, 0) is 4.79 Å². The molecule has 2 fully saturated rings. The van der Waals surface area contributed by atoms with E-state index in [0.717, 1.165) is 44.2 Å². The zero-order valence-electron chi connectivity index (χ0n) is 18.2. The van der Waals surface area contributed by atoms with Crippen molar-refractivity contribution in [1.82, 2.24) is 9.88 Å². The first-order chi connectivity index (χ1) is 15.3. The number of halogens is 2. The summed E-state index contributed by atoms with van der Waals surface area (Å²) in [6.07, 6.45) is 8.32. The molecule has 32 heavy (non-hydrogen) atoms. The quantitative estimate of drug-likeness (QED) is 0.629. The van der Waals surface area contributed by atoms with Crippen LogP contribution in [0.3, 0.4) is 0 Å². The lowest BCUT2D eigenvalue weighted by Gasteiger charge is -2.50. The Morgan fingerprint density at radius 2 is 1.72 bits per heavy atom. The van der Waals surface area contributed by atoms with Crippen molar-refractivity contribution in [2.75, 3.05) is 11.9 Å². The molecule has 0 N–H and O–H groups in total. The number of anilines is 1. The average molecular weight is 437 g/mol. The molecule has 2 aromatic rings. The second-order valence-corrected chi connectivity index (χ2v) is 8.72. The molecule has 1 saturated carbocycles. The maximum absolute atomic E-state index is 15.0. The Bertz CT molecular complexity index is 1080. The van der Waals surface area contributed by atoms with E-state index >= 15 is 0 Å². The van der Waals surface area contributed by atoms with E-state index < -0.39 is 34.8 Å². The molecule has 0 radical (unpaired) electrons. The van der Waals surface area contributed by atoms with E-state index in [0.29, 0.717) is 10.5 Å². The van der Waals surface area contributed by atoms with Crippen molar-refractivity contribution >= 4 is 17.6 Å². The smallest absolute Gasteiger partial charge is 0.321 e. The first kappa shape index (κ1) is 21.9. The highest BCUT2D eigenvalue weighted by Gasteiger charge is 2.50. The average Bonchev–Trinajstić information content (AvgIpc) is 2.79. The Kier molecular flexibility index (Phi) is 5.96. The molecule has 4 rings (SSSR count). The van der Waals surface area contributed by atoms with E-state index in [1.54, 1.807) is 25.4 Å². The molecule has 2 heterocycles. The molecule has 1 aliphatic heterocycles. The van der Waals surface area contributed by atoms with Crippen LogP contribution < -0.4 is 4.90 Å². The number of hydrogen-bond acceptors (Lipinski definition) is 3. The Morgan fingerprint density at radius 3 is 2.34 bits per heavy atom. The standard InChI is InChI=1S/C25H25F2N3O2/c1-25(19-8-4-3-5-9-19)15-22(31)30(24(32)29(25)2)23-20(26)13-18(14-21(23)27)11-10-17-7-6-12-28-16-17/h6-7,12-14,16,19H,3-5,8-9,15H2,1-2H3/t25-/m0/s1. The van der Waals surface area contributed by atoms with Gasteiger partial charge >= 0.3 is 6.03 Å². The largest absolute Gasteiger partial charge is 0.331 e. The Morgan fingerprint density at radius 1 is 1.06 bits per heavy atom. The number of carbonyl (C=O) groups excluding carboxylic acids is 2. The van der Waals surface area contributed by atoms with Crippen LogP contribution in [0.15, 0.2) is 36.7 Å². The number of hydrogen-bond donors (Lipinski definition) is 0. The van der Waals surface area contributed by atoms with Gasteiger partial charge in [0.1, 0.15) is 5.69 Å². The van der Waals surface area contributed by atoms with E-state index in [9.17, 15) is 18.4 Å². The van der Waals surface area contributed by atoms with Crippen molar-refractivity contribution in [3.8, 4) is 11.8 Å². The number of benzene rings is 1. The molecule has 7 heteroatoms. The topological polar surface area (TPSA) is 53.5 Å². The molecule has 1 saturated heterocycles. The number of rotatable bonds is 2. The summed E-state index contributed by atoms with van der Waals surface area (Å²) in [4.78, 5) is 32.2. The zero-order chi connectivity index (χ0) is 22.9. The fourth-order valence-electron chi connectivity index (χ4n) is 4.77. The van der Waals surface area contributed by atoms with Crippen molar-refractivity contribution in [2.24, 2.45) is 5.92 Å². The Hall–Kier alpha value is -3.27. The first-order valence-corrected chi connectivity index (χ1v) is 10.8. The van der Waals surface area contributed by atoms with Gasteiger partial charge in [-0.1, -0.05) is 31.1 Å². The number of imide groups is 1. The van der Waals surface area contributed by atoms with Gasteiger partial charge in [-0.25, -0.2) is 18.5 Å². The second kappa shape index (κ2) is 8.70. The second-order valence-electron chi connectivity index (χ2n) is 8.72. The molecule has 0 spiro atoms. The van der Waals surface area contributed by atoms with Crippen LogP contribution in [0.25, 0.3) is 0 Å². The predicted molar refractivity (Wildman–Crippen MR) is 117 cm³/mol. The van der Waals surface area contributed by atoms with Gasteiger partial charge in [0.05, 0.1) is 12.0 Å². The van der Waals surface area contributed by atoms with Crippen LogP contribution in [0.5, 0.6) is 0 Å². The maximum atomic E-state index is 15.0. The number of urea groups is 1. The van der Waals surface area contributed by atoms with Crippen LogP contribution in [0.1, 0.15) is 56.6 Å². The number of carbonyl (C=O) groups is 2. The minimum absolute atomic E-state index is 0.0291. The summed E-state index contributed by atoms with van der Waals surface area (Å²) in [5.41, 5.74) is -0.607. The van der Waals surface area contributed by atoms with Gasteiger partial charge in [0.2, 0.25) is 5.91 Å². The third kappa shape index (κ3) is 3.97. The van der Waals surface area contributed by atoms with Gasteiger partial charge in [-0.05, 0) is 49.9 Å². The summed E-state index contributed by atoms with van der Waals surface area (Å²) in [6.45, 7) is 1.90. The molecule has 2 aliphatic rings. The highest BCUT2D eigenvalue weighted by Crippen LogP contribution is 2.42. The van der Waals surface area contributed by atoms with Crippen molar-refractivity contribution < 1.29 is 18.4 Å². The molecule has 1 aromatic heterocycles. The van der Waals surface area contributed by atoms with Crippen molar-refractivity contribution in [3.63, 3.8) is 0 Å². The van der Waals surface area contributed by atoms with Crippen LogP contribution in [0.4, 0.5) is 19.3 Å². The van der Waals surface area contributed by atoms with Gasteiger partial charge in [-0.15, -0.1) is 0 Å². The van der Waals surface area contributed by atoms with Gasteiger partial charge in [0.25, 0.3) is 0 Å². The predicted octanol–water partition coefficient (Wildman–Crippen LogP) is 4.89. The van der Waals surface area contributed by atoms with Gasteiger partial charge in [-0.2, -0.15) is 0 Å². The molecule has 0 unspecified atom stereocenters. The lowest BCUT2D eigenvalue weighted by atomic mass is 9.72. The van der Waals surface area contributed by atoms with Crippen LogP contribution in [0, 0.1) is 29.4 Å².